The highest BCUT2D eigenvalue weighted by atomic mass is 16.5. The number of nitrogens with zero attached hydrogens (tertiary/aromatic N) is 4. The highest BCUT2D eigenvalue weighted by Gasteiger charge is 2.19. The predicted octanol–water partition coefficient (Wildman–Crippen LogP) is 5.34. The Kier molecular flexibility index (Phi) is 5.92. The molecule has 0 radical (unpaired) electrons. The van der Waals surface area contributed by atoms with Gasteiger partial charge in [0.1, 0.15) is 11.6 Å². The Labute approximate surface area is 199 Å². The molecule has 34 heavy (non-hydrogen) atoms. The molecule has 5 rings (SSSR count). The van der Waals surface area contributed by atoms with E-state index in [1.807, 2.05) is 68.4 Å². The molecule has 1 N–H and O–H groups in total. The number of carbonyl (C=O) groups is 1. The Balaban J connectivity index is 1.40. The molecule has 1 aliphatic rings. The summed E-state index contributed by atoms with van der Waals surface area (Å²) in [5.41, 5.74) is 5.22. The van der Waals surface area contributed by atoms with Crippen molar-refractivity contribution < 1.29 is 9.53 Å². The average molecular weight is 456 g/mol. The third-order valence-electron chi connectivity index (χ3n) is 6.49. The molecule has 0 saturated carbocycles. The predicted molar refractivity (Wildman–Crippen MR) is 133 cm³/mol. The first-order valence-corrected chi connectivity index (χ1v) is 11.7. The van der Waals surface area contributed by atoms with Crippen LogP contribution >= 0.6 is 0 Å². The molecule has 0 spiro atoms. The van der Waals surface area contributed by atoms with Crippen molar-refractivity contribution in [3.8, 4) is 22.8 Å². The molecule has 4 aromatic rings. The molecule has 0 atom stereocenters. The third-order valence-corrected chi connectivity index (χ3v) is 6.49. The number of aromatic nitrogens is 4. The first-order chi connectivity index (χ1) is 16.5. The van der Waals surface area contributed by atoms with Crippen LogP contribution in [0.15, 0.2) is 54.6 Å². The Morgan fingerprint density at radius 2 is 1.82 bits per heavy atom. The van der Waals surface area contributed by atoms with Crippen LogP contribution in [0.3, 0.4) is 0 Å². The molecule has 174 valence electrons. The Hall–Kier alpha value is -3.87. The summed E-state index contributed by atoms with van der Waals surface area (Å²) >= 11 is 0. The number of benzene rings is 2. The number of fused-ring (bicyclic) bond motifs is 1. The largest absolute Gasteiger partial charge is 0.497 e. The van der Waals surface area contributed by atoms with Crippen LogP contribution in [0.2, 0.25) is 0 Å². The fraction of sp³-hybridized carbons (Fsp3) is 0.296. The maximum absolute atomic E-state index is 13.2. The minimum Gasteiger partial charge on any atom is -0.497 e. The normalized spacial score (nSPS) is 13.3. The number of aryl methyl sites for hydroxylation is 2. The third kappa shape index (κ3) is 4.09. The number of amides is 1. The van der Waals surface area contributed by atoms with Crippen LogP contribution in [0, 0.1) is 13.8 Å². The first-order valence-electron chi connectivity index (χ1n) is 11.7. The van der Waals surface area contributed by atoms with Crippen molar-refractivity contribution >= 4 is 11.6 Å². The van der Waals surface area contributed by atoms with Crippen molar-refractivity contribution in [3.05, 3.63) is 77.4 Å². The molecule has 7 nitrogen and oxygen atoms in total. The molecule has 3 heterocycles. The average Bonchev–Trinajstić information content (AvgIpc) is 3.29. The summed E-state index contributed by atoms with van der Waals surface area (Å²) in [5, 5.41) is 11.9. The zero-order valence-electron chi connectivity index (χ0n) is 19.8. The molecule has 1 amide bonds. The summed E-state index contributed by atoms with van der Waals surface area (Å²) in [4.78, 5) is 13.2. The molecular weight excluding hydrogens is 426 g/mol. The highest BCUT2D eigenvalue weighted by molar-refractivity contribution is 6.05. The summed E-state index contributed by atoms with van der Waals surface area (Å²) in [6.07, 6.45) is 4.47. The molecule has 2 aromatic carbocycles. The number of nitrogens with one attached hydrogen (secondary N) is 1. The Bertz CT molecular complexity index is 1330. The van der Waals surface area contributed by atoms with Gasteiger partial charge in [-0.05, 0) is 69.2 Å². The standard InChI is InChI=1S/C27H29N5O2/c1-18-16-24(19(2)32(18)22-11-13-23(34-3)14-12-22)27(33)28-21-9-7-8-20(17-21)26-30-29-25-10-5-4-6-15-31(25)26/h7-9,11-14,16-17H,4-6,10,15H2,1-3H3,(H,28,33). The van der Waals surface area contributed by atoms with Gasteiger partial charge in [0.2, 0.25) is 0 Å². The van der Waals surface area contributed by atoms with Gasteiger partial charge in [-0.3, -0.25) is 4.79 Å². The second kappa shape index (κ2) is 9.17. The lowest BCUT2D eigenvalue weighted by molar-refractivity contribution is 0.102. The van der Waals surface area contributed by atoms with Crippen LogP contribution < -0.4 is 10.1 Å². The van der Waals surface area contributed by atoms with Crippen molar-refractivity contribution in [2.24, 2.45) is 0 Å². The topological polar surface area (TPSA) is 74.0 Å². The second-order valence-electron chi connectivity index (χ2n) is 8.76. The summed E-state index contributed by atoms with van der Waals surface area (Å²) in [6, 6.07) is 17.6. The maximum Gasteiger partial charge on any atom is 0.257 e. The van der Waals surface area contributed by atoms with Crippen molar-refractivity contribution in [1.82, 2.24) is 19.3 Å². The van der Waals surface area contributed by atoms with Gasteiger partial charge in [-0.1, -0.05) is 18.6 Å². The minimum atomic E-state index is -0.134. The van der Waals surface area contributed by atoms with Crippen molar-refractivity contribution in [1.29, 1.82) is 0 Å². The number of ether oxygens (including phenoxy) is 1. The molecular formula is C27H29N5O2. The quantitative estimate of drug-likeness (QED) is 0.441. The number of carbonyl (C=O) groups excluding carboxylic acids is 1. The lowest BCUT2D eigenvalue weighted by atomic mass is 10.1. The van der Waals surface area contributed by atoms with E-state index in [2.05, 4.69) is 24.6 Å². The number of methoxy groups -OCH3 is 1. The maximum atomic E-state index is 13.2. The van der Waals surface area contributed by atoms with E-state index in [-0.39, 0.29) is 5.91 Å². The van der Waals surface area contributed by atoms with Gasteiger partial charge in [0, 0.05) is 41.3 Å². The number of anilines is 1. The number of hydrogen-bond donors (Lipinski definition) is 1. The number of rotatable bonds is 5. The minimum absolute atomic E-state index is 0.134. The van der Waals surface area contributed by atoms with Crippen LogP contribution in [-0.4, -0.2) is 32.3 Å². The van der Waals surface area contributed by atoms with E-state index < -0.39 is 0 Å². The van der Waals surface area contributed by atoms with Gasteiger partial charge in [-0.2, -0.15) is 0 Å². The zero-order valence-corrected chi connectivity index (χ0v) is 19.8. The molecule has 7 heteroatoms. The van der Waals surface area contributed by atoms with Gasteiger partial charge >= 0.3 is 0 Å². The Morgan fingerprint density at radius 3 is 2.62 bits per heavy atom. The monoisotopic (exact) mass is 455 g/mol. The molecule has 1 aliphatic heterocycles. The van der Waals surface area contributed by atoms with Crippen LogP contribution in [0.4, 0.5) is 5.69 Å². The van der Waals surface area contributed by atoms with E-state index in [4.69, 9.17) is 4.74 Å². The first kappa shape index (κ1) is 21.9. The van der Waals surface area contributed by atoms with Gasteiger partial charge in [0.05, 0.1) is 12.7 Å². The second-order valence-corrected chi connectivity index (χ2v) is 8.76. The van der Waals surface area contributed by atoms with Crippen molar-refractivity contribution in [2.45, 2.75) is 46.1 Å². The van der Waals surface area contributed by atoms with E-state index in [1.165, 1.54) is 6.42 Å². The van der Waals surface area contributed by atoms with Crippen LogP contribution in [-0.2, 0) is 13.0 Å². The smallest absolute Gasteiger partial charge is 0.257 e. The Morgan fingerprint density at radius 1 is 1.00 bits per heavy atom. The van der Waals surface area contributed by atoms with Crippen molar-refractivity contribution in [3.63, 3.8) is 0 Å². The van der Waals surface area contributed by atoms with Gasteiger partial charge in [-0.15, -0.1) is 10.2 Å². The van der Waals surface area contributed by atoms with E-state index in [0.717, 1.165) is 71.5 Å². The van der Waals surface area contributed by atoms with Crippen LogP contribution in [0.1, 0.15) is 46.8 Å². The molecule has 0 unspecified atom stereocenters. The van der Waals surface area contributed by atoms with Crippen molar-refractivity contribution in [2.75, 3.05) is 12.4 Å². The molecule has 0 saturated heterocycles. The molecule has 0 aliphatic carbocycles. The van der Waals surface area contributed by atoms with Gasteiger partial charge in [-0.25, -0.2) is 0 Å². The lowest BCUT2D eigenvalue weighted by Gasteiger charge is -2.11. The van der Waals surface area contributed by atoms with E-state index in [1.54, 1.807) is 7.11 Å². The van der Waals surface area contributed by atoms with Crippen LogP contribution in [0.25, 0.3) is 17.1 Å². The summed E-state index contributed by atoms with van der Waals surface area (Å²) in [7, 11) is 1.65. The van der Waals surface area contributed by atoms with E-state index in [0.29, 0.717) is 5.56 Å². The van der Waals surface area contributed by atoms with E-state index in [9.17, 15) is 4.79 Å². The zero-order chi connectivity index (χ0) is 23.7. The van der Waals surface area contributed by atoms with Gasteiger partial charge < -0.3 is 19.2 Å². The van der Waals surface area contributed by atoms with Gasteiger partial charge in [0.25, 0.3) is 5.91 Å². The SMILES string of the molecule is COc1ccc(-n2c(C)cc(C(=O)Nc3cccc(-c4nnc5n4CCCCC5)c3)c2C)cc1. The fourth-order valence-electron chi connectivity index (χ4n) is 4.75. The lowest BCUT2D eigenvalue weighted by Crippen LogP contribution is -2.13. The molecule has 0 fully saturated rings. The fourth-order valence-corrected chi connectivity index (χ4v) is 4.75. The summed E-state index contributed by atoms with van der Waals surface area (Å²) in [5.74, 6) is 2.58. The molecule has 0 bridgehead atoms. The summed E-state index contributed by atoms with van der Waals surface area (Å²) < 4.78 is 9.56. The highest BCUT2D eigenvalue weighted by Crippen LogP contribution is 2.27. The van der Waals surface area contributed by atoms with Crippen LogP contribution in [0.5, 0.6) is 5.75 Å². The summed E-state index contributed by atoms with van der Waals surface area (Å²) in [6.45, 7) is 4.91. The van der Waals surface area contributed by atoms with E-state index >= 15 is 0 Å². The number of hydrogen-bond acceptors (Lipinski definition) is 4. The molecule has 2 aromatic heterocycles. The van der Waals surface area contributed by atoms with Gasteiger partial charge in [0.15, 0.2) is 5.82 Å².